The molecule has 0 fully saturated rings. The van der Waals surface area contributed by atoms with Crippen molar-refractivity contribution in [3.8, 4) is 0 Å². The first-order valence-corrected chi connectivity index (χ1v) is 9.65. The van der Waals surface area contributed by atoms with Crippen LogP contribution >= 0.6 is 0 Å². The molecular weight excluding hydrogens is 420 g/mol. The van der Waals surface area contributed by atoms with Crippen molar-refractivity contribution >= 4 is 17.1 Å². The molecule has 0 unspecified atom stereocenters. The third kappa shape index (κ3) is 6.09. The lowest BCUT2D eigenvalue weighted by atomic mass is 10.1. The fraction of sp³-hybridized carbons (Fsp3) is 0.391. The van der Waals surface area contributed by atoms with Gasteiger partial charge < -0.3 is 14.5 Å². The van der Waals surface area contributed by atoms with Crippen molar-refractivity contribution in [2.75, 3.05) is 0 Å². The van der Waals surface area contributed by atoms with E-state index in [4.69, 9.17) is 9.15 Å². The topological polar surface area (TPSA) is 94.3 Å². The van der Waals surface area contributed by atoms with E-state index in [1.807, 2.05) is 0 Å². The van der Waals surface area contributed by atoms with Gasteiger partial charge in [-0.15, -0.1) is 0 Å². The number of fused-ring (bicyclic) bond motifs is 1. The van der Waals surface area contributed by atoms with E-state index >= 15 is 0 Å². The first kappa shape index (κ1) is 24.9. The zero-order chi connectivity index (χ0) is 22.9. The van der Waals surface area contributed by atoms with Crippen molar-refractivity contribution in [3.63, 3.8) is 0 Å². The van der Waals surface area contributed by atoms with Crippen LogP contribution in [0.1, 0.15) is 57.0 Å². The van der Waals surface area contributed by atoms with Crippen LogP contribution in [0.25, 0.3) is 11.0 Å². The van der Waals surface area contributed by atoms with Crippen molar-refractivity contribution in [2.24, 2.45) is 0 Å². The molecule has 0 aliphatic rings. The molecule has 32 heavy (non-hydrogen) atoms. The first-order chi connectivity index (χ1) is 14.4. The van der Waals surface area contributed by atoms with Crippen molar-refractivity contribution in [3.05, 3.63) is 69.0 Å². The molecule has 1 N–H and O–H groups in total. The monoisotopic (exact) mass is 447 g/mol. The number of nitrogens with one attached hydrogen (secondary N) is 1. The second-order valence-electron chi connectivity index (χ2n) is 8.30. The largest absolute Gasteiger partial charge is 0.444 e. The van der Waals surface area contributed by atoms with E-state index in [9.17, 15) is 18.4 Å². The Kier molecular flexibility index (Phi) is 7.33. The predicted octanol–water partition coefficient (Wildman–Crippen LogP) is 4.92. The summed E-state index contributed by atoms with van der Waals surface area (Å²) < 4.78 is 38.0. The highest BCUT2D eigenvalue weighted by Gasteiger charge is 2.25. The van der Waals surface area contributed by atoms with Gasteiger partial charge in [-0.25, -0.2) is 23.4 Å². The van der Waals surface area contributed by atoms with Crippen LogP contribution in [-0.2, 0) is 11.2 Å². The molecule has 172 valence electrons. The van der Waals surface area contributed by atoms with E-state index in [1.165, 1.54) is 0 Å². The molecule has 0 saturated carbocycles. The summed E-state index contributed by atoms with van der Waals surface area (Å²) in [7, 11) is 0. The normalized spacial score (nSPS) is 12.2. The highest BCUT2D eigenvalue weighted by atomic mass is 19.1. The lowest BCUT2D eigenvalue weighted by Crippen LogP contribution is -2.36. The summed E-state index contributed by atoms with van der Waals surface area (Å²) in [5, 5.41) is 2.79. The molecule has 0 radical (unpaired) electrons. The SMILES string of the molecule is C.Cc1cc(C)c2c(=O)oc([C@H](Cc3cc(F)cc(F)c3)NC(=O)OC(C)(C)C)nc2n1. The van der Waals surface area contributed by atoms with Gasteiger partial charge >= 0.3 is 11.7 Å². The van der Waals surface area contributed by atoms with Gasteiger partial charge in [0.1, 0.15) is 28.7 Å². The van der Waals surface area contributed by atoms with Crippen molar-refractivity contribution < 1.29 is 22.7 Å². The second kappa shape index (κ2) is 9.42. The summed E-state index contributed by atoms with van der Waals surface area (Å²) >= 11 is 0. The minimum absolute atomic E-state index is 0. The van der Waals surface area contributed by atoms with Gasteiger partial charge in [0.25, 0.3) is 0 Å². The number of hydrogen-bond donors (Lipinski definition) is 1. The molecule has 1 atom stereocenters. The predicted molar refractivity (Wildman–Crippen MR) is 116 cm³/mol. The van der Waals surface area contributed by atoms with Crippen LogP contribution in [-0.4, -0.2) is 21.7 Å². The van der Waals surface area contributed by atoms with Gasteiger partial charge in [-0.05, 0) is 63.9 Å². The third-order valence-electron chi connectivity index (χ3n) is 4.29. The summed E-state index contributed by atoms with van der Waals surface area (Å²) in [6.45, 7) is 8.56. The molecule has 0 saturated heterocycles. The molecule has 7 nitrogen and oxygen atoms in total. The number of aryl methyl sites for hydroxylation is 2. The van der Waals surface area contributed by atoms with E-state index in [1.54, 1.807) is 40.7 Å². The van der Waals surface area contributed by atoms with Crippen LogP contribution in [0.3, 0.4) is 0 Å². The first-order valence-electron chi connectivity index (χ1n) is 9.65. The maximum Gasteiger partial charge on any atom is 0.408 e. The Morgan fingerprint density at radius 2 is 1.75 bits per heavy atom. The van der Waals surface area contributed by atoms with Crippen molar-refractivity contribution in [2.45, 2.75) is 60.1 Å². The Balaban J connectivity index is 0.00000363. The Bertz CT molecular complexity index is 1180. The van der Waals surface area contributed by atoms with E-state index in [-0.39, 0.29) is 36.3 Å². The minimum Gasteiger partial charge on any atom is -0.444 e. The second-order valence-corrected chi connectivity index (χ2v) is 8.30. The zero-order valence-corrected chi connectivity index (χ0v) is 17.9. The third-order valence-corrected chi connectivity index (χ3v) is 4.29. The number of alkyl carbamates (subject to hydrolysis) is 1. The number of carbonyl (C=O) groups is 1. The summed E-state index contributed by atoms with van der Waals surface area (Å²) in [5.41, 5.74) is 0.234. The number of halogens is 2. The van der Waals surface area contributed by atoms with Crippen molar-refractivity contribution in [1.82, 2.24) is 15.3 Å². The molecule has 0 aliphatic carbocycles. The number of carbonyl (C=O) groups excluding carboxylic acids is 1. The highest BCUT2D eigenvalue weighted by molar-refractivity contribution is 5.77. The lowest BCUT2D eigenvalue weighted by molar-refractivity contribution is 0.0494. The summed E-state index contributed by atoms with van der Waals surface area (Å²) in [5.74, 6) is -1.69. The molecule has 0 bridgehead atoms. The maximum absolute atomic E-state index is 13.7. The fourth-order valence-corrected chi connectivity index (χ4v) is 3.19. The molecule has 1 aromatic carbocycles. The van der Waals surface area contributed by atoms with E-state index < -0.39 is 35.0 Å². The average molecular weight is 447 g/mol. The summed E-state index contributed by atoms with van der Waals surface area (Å²) in [6.07, 6.45) is -0.896. The number of pyridine rings is 1. The molecule has 2 aromatic heterocycles. The zero-order valence-electron chi connectivity index (χ0n) is 17.9. The fourth-order valence-electron chi connectivity index (χ4n) is 3.19. The Morgan fingerprint density at radius 3 is 2.34 bits per heavy atom. The van der Waals surface area contributed by atoms with E-state index in [0.29, 0.717) is 11.3 Å². The quantitative estimate of drug-likeness (QED) is 0.610. The number of aromatic nitrogens is 2. The van der Waals surface area contributed by atoms with Crippen molar-refractivity contribution in [1.29, 1.82) is 0 Å². The molecule has 0 spiro atoms. The number of rotatable bonds is 4. The van der Waals surface area contributed by atoms with Gasteiger partial charge in [0.2, 0.25) is 5.89 Å². The van der Waals surface area contributed by atoms with Gasteiger partial charge in [-0.2, -0.15) is 4.98 Å². The van der Waals surface area contributed by atoms with Gasteiger partial charge in [-0.1, -0.05) is 7.43 Å². The standard InChI is InChI=1S/C22H23F2N3O4.CH4/c1-11-6-12(2)25-18-17(11)20(28)30-19(27-18)16(26-21(29)31-22(3,4)5)9-13-7-14(23)10-15(24)8-13;/h6-8,10,16H,9H2,1-5H3,(H,26,29);1H4/t16-;/m0./s1. The van der Waals surface area contributed by atoms with Gasteiger partial charge in [-0.3, -0.25) is 0 Å². The Hall–Kier alpha value is -3.36. The highest BCUT2D eigenvalue weighted by Crippen LogP contribution is 2.21. The summed E-state index contributed by atoms with van der Waals surface area (Å²) in [6, 6.07) is 3.68. The molecule has 9 heteroatoms. The van der Waals surface area contributed by atoms with Gasteiger partial charge in [0, 0.05) is 18.2 Å². The average Bonchev–Trinajstić information content (AvgIpc) is 2.57. The van der Waals surface area contributed by atoms with E-state index in [2.05, 4.69) is 15.3 Å². The van der Waals surface area contributed by atoms with Crippen LogP contribution in [0, 0.1) is 25.5 Å². The smallest absolute Gasteiger partial charge is 0.408 e. The molecule has 1 amide bonds. The van der Waals surface area contributed by atoms with Gasteiger partial charge in [0.05, 0.1) is 0 Å². The number of benzene rings is 1. The summed E-state index contributed by atoms with van der Waals surface area (Å²) in [4.78, 5) is 33.6. The number of amides is 1. The lowest BCUT2D eigenvalue weighted by Gasteiger charge is -2.23. The molecule has 3 aromatic rings. The molecule has 3 rings (SSSR count). The van der Waals surface area contributed by atoms with E-state index in [0.717, 1.165) is 18.2 Å². The van der Waals surface area contributed by atoms with Crippen LogP contribution in [0.4, 0.5) is 13.6 Å². The molecule has 2 heterocycles. The Morgan fingerprint density at radius 1 is 1.12 bits per heavy atom. The number of nitrogens with zero attached hydrogens (tertiary/aromatic N) is 2. The van der Waals surface area contributed by atoms with Crippen LogP contribution in [0.2, 0.25) is 0 Å². The maximum atomic E-state index is 13.7. The number of hydrogen-bond acceptors (Lipinski definition) is 6. The van der Waals surface area contributed by atoms with Crippen LogP contribution in [0.15, 0.2) is 33.5 Å². The Labute approximate surface area is 184 Å². The van der Waals surface area contributed by atoms with Crippen LogP contribution < -0.4 is 10.9 Å². The number of ether oxygens (including phenoxy) is 1. The minimum atomic E-state index is -1.03. The van der Waals surface area contributed by atoms with Gasteiger partial charge in [0.15, 0.2) is 5.65 Å². The molecular formula is C23H27F2N3O4. The molecule has 0 aliphatic heterocycles. The van der Waals surface area contributed by atoms with Crippen LogP contribution in [0.5, 0.6) is 0 Å².